The van der Waals surface area contributed by atoms with Crippen LogP contribution < -0.4 is 10.9 Å². The lowest BCUT2D eigenvalue weighted by atomic mass is 10.1. The van der Waals surface area contributed by atoms with Crippen LogP contribution in [0.4, 0.5) is 5.69 Å². The van der Waals surface area contributed by atoms with Crippen molar-refractivity contribution >= 4 is 17.5 Å². The molecular formula is C23H29N3O3. The first kappa shape index (κ1) is 20.8. The van der Waals surface area contributed by atoms with E-state index in [4.69, 9.17) is 0 Å². The fourth-order valence-corrected chi connectivity index (χ4v) is 3.54. The summed E-state index contributed by atoms with van der Waals surface area (Å²) in [7, 11) is 0. The lowest BCUT2D eigenvalue weighted by Gasteiger charge is -2.16. The zero-order valence-corrected chi connectivity index (χ0v) is 17.4. The van der Waals surface area contributed by atoms with E-state index >= 15 is 0 Å². The fraction of sp³-hybridized carbons (Fsp3) is 0.435. The first-order valence-corrected chi connectivity index (χ1v) is 10.3. The number of carbonyl (C=O) groups is 2. The molecule has 0 bridgehead atoms. The highest BCUT2D eigenvalue weighted by Crippen LogP contribution is 2.17. The molecule has 6 heteroatoms. The highest BCUT2D eigenvalue weighted by molar-refractivity contribution is 6.05. The number of aromatic nitrogens is 1. The average Bonchev–Trinajstić information content (AvgIpc) is 3.21. The topological polar surface area (TPSA) is 71.4 Å². The molecule has 0 atom stereocenters. The molecule has 2 heterocycles. The number of nitrogens with one attached hydrogen (secondary N) is 1. The van der Waals surface area contributed by atoms with Crippen molar-refractivity contribution in [2.75, 3.05) is 18.4 Å². The molecule has 1 aromatic carbocycles. The van der Waals surface area contributed by atoms with Crippen molar-refractivity contribution in [1.82, 2.24) is 9.47 Å². The van der Waals surface area contributed by atoms with Crippen LogP contribution in [-0.4, -0.2) is 34.4 Å². The quantitative estimate of drug-likeness (QED) is 0.811. The molecule has 0 unspecified atom stereocenters. The van der Waals surface area contributed by atoms with Crippen molar-refractivity contribution in [1.29, 1.82) is 0 Å². The van der Waals surface area contributed by atoms with Crippen LogP contribution in [0, 0.1) is 12.8 Å². The van der Waals surface area contributed by atoms with Crippen molar-refractivity contribution in [2.24, 2.45) is 5.92 Å². The molecule has 1 N–H and O–H groups in total. The Morgan fingerprint density at radius 3 is 2.55 bits per heavy atom. The molecule has 0 spiro atoms. The Kier molecular flexibility index (Phi) is 6.52. The monoisotopic (exact) mass is 395 g/mol. The SMILES string of the molecule is Cc1ccn(CCC(C)C)c(=O)c1C(=O)Nc1cccc(C(=O)N2CCCC2)c1. The molecule has 1 fully saturated rings. The van der Waals surface area contributed by atoms with E-state index in [0.29, 0.717) is 29.3 Å². The summed E-state index contributed by atoms with van der Waals surface area (Å²) < 4.78 is 1.59. The zero-order chi connectivity index (χ0) is 21.0. The van der Waals surface area contributed by atoms with Crippen molar-refractivity contribution in [3.8, 4) is 0 Å². The summed E-state index contributed by atoms with van der Waals surface area (Å²) in [6, 6.07) is 8.70. The van der Waals surface area contributed by atoms with Gasteiger partial charge in [-0.2, -0.15) is 0 Å². The van der Waals surface area contributed by atoms with Crippen LogP contribution in [0.3, 0.4) is 0 Å². The van der Waals surface area contributed by atoms with Gasteiger partial charge in [0, 0.05) is 37.1 Å². The second-order valence-electron chi connectivity index (χ2n) is 8.09. The van der Waals surface area contributed by atoms with Crippen molar-refractivity contribution in [2.45, 2.75) is 46.6 Å². The van der Waals surface area contributed by atoms with Gasteiger partial charge in [-0.05, 0) is 61.9 Å². The molecule has 0 aliphatic carbocycles. The maximum atomic E-state index is 12.9. The van der Waals surface area contributed by atoms with Crippen molar-refractivity contribution in [3.63, 3.8) is 0 Å². The Labute approximate surface area is 171 Å². The number of rotatable bonds is 6. The third-order valence-electron chi connectivity index (χ3n) is 5.31. The van der Waals surface area contributed by atoms with Gasteiger partial charge in [0.2, 0.25) is 0 Å². The van der Waals surface area contributed by atoms with Gasteiger partial charge < -0.3 is 14.8 Å². The highest BCUT2D eigenvalue weighted by atomic mass is 16.2. The van der Waals surface area contributed by atoms with Gasteiger partial charge in [-0.1, -0.05) is 19.9 Å². The standard InChI is InChI=1S/C23H29N3O3/c1-16(2)9-13-26-14-10-17(3)20(23(26)29)21(27)24-19-8-6-7-18(15-19)22(28)25-11-4-5-12-25/h6-8,10,14-16H,4-5,9,11-13H2,1-3H3,(H,24,27). The molecule has 2 amide bonds. The third-order valence-corrected chi connectivity index (χ3v) is 5.31. The maximum absolute atomic E-state index is 12.9. The Bertz CT molecular complexity index is 956. The van der Waals surface area contributed by atoms with E-state index in [-0.39, 0.29) is 17.0 Å². The largest absolute Gasteiger partial charge is 0.339 e. The minimum Gasteiger partial charge on any atom is -0.339 e. The summed E-state index contributed by atoms with van der Waals surface area (Å²) in [5.41, 5.74) is 1.55. The molecule has 0 saturated carbocycles. The van der Waals surface area contributed by atoms with Gasteiger partial charge in [-0.3, -0.25) is 14.4 Å². The first-order valence-electron chi connectivity index (χ1n) is 10.3. The Morgan fingerprint density at radius 1 is 1.14 bits per heavy atom. The molecule has 1 saturated heterocycles. The smallest absolute Gasteiger partial charge is 0.263 e. The number of hydrogen-bond acceptors (Lipinski definition) is 3. The first-order chi connectivity index (χ1) is 13.9. The molecule has 2 aromatic rings. The fourth-order valence-electron chi connectivity index (χ4n) is 3.54. The van der Waals surface area contributed by atoms with E-state index in [1.165, 1.54) is 0 Å². The van der Waals surface area contributed by atoms with E-state index in [9.17, 15) is 14.4 Å². The van der Waals surface area contributed by atoms with Gasteiger partial charge in [-0.25, -0.2) is 0 Å². The summed E-state index contributed by atoms with van der Waals surface area (Å²) in [6.45, 7) is 8.09. The van der Waals surface area contributed by atoms with Gasteiger partial charge in [-0.15, -0.1) is 0 Å². The van der Waals surface area contributed by atoms with Crippen LogP contribution in [0.5, 0.6) is 0 Å². The Balaban J connectivity index is 1.80. The lowest BCUT2D eigenvalue weighted by Crippen LogP contribution is -2.30. The molecule has 6 nitrogen and oxygen atoms in total. The number of carbonyl (C=O) groups excluding carboxylic acids is 2. The molecular weight excluding hydrogens is 366 g/mol. The van der Waals surface area contributed by atoms with Crippen LogP contribution >= 0.6 is 0 Å². The van der Waals surface area contributed by atoms with E-state index < -0.39 is 5.91 Å². The van der Waals surface area contributed by atoms with Crippen LogP contribution in [0.1, 0.15) is 59.4 Å². The number of pyridine rings is 1. The van der Waals surface area contributed by atoms with Crippen LogP contribution in [-0.2, 0) is 6.54 Å². The predicted octanol–water partition coefficient (Wildman–Crippen LogP) is 3.69. The number of aryl methyl sites for hydroxylation is 2. The molecule has 3 rings (SSSR count). The van der Waals surface area contributed by atoms with Gasteiger partial charge in [0.25, 0.3) is 17.4 Å². The highest BCUT2D eigenvalue weighted by Gasteiger charge is 2.20. The van der Waals surface area contributed by atoms with E-state index in [0.717, 1.165) is 32.4 Å². The normalized spacial score (nSPS) is 13.7. The number of likely N-dealkylation sites (tertiary alicyclic amines) is 1. The van der Waals surface area contributed by atoms with Gasteiger partial charge in [0.15, 0.2) is 0 Å². The summed E-state index contributed by atoms with van der Waals surface area (Å²) in [5.74, 6) is -0.000867. The number of nitrogens with zero attached hydrogens (tertiary/aromatic N) is 2. The molecule has 1 aliphatic rings. The third kappa shape index (κ3) is 4.94. The second-order valence-corrected chi connectivity index (χ2v) is 8.09. The van der Waals surface area contributed by atoms with E-state index in [2.05, 4.69) is 19.2 Å². The van der Waals surface area contributed by atoms with Gasteiger partial charge >= 0.3 is 0 Å². The van der Waals surface area contributed by atoms with Crippen LogP contribution in [0.2, 0.25) is 0 Å². The maximum Gasteiger partial charge on any atom is 0.263 e. The number of amides is 2. The van der Waals surface area contributed by atoms with Gasteiger partial charge in [0.1, 0.15) is 5.56 Å². The summed E-state index contributed by atoms with van der Waals surface area (Å²) in [5, 5.41) is 2.79. The summed E-state index contributed by atoms with van der Waals surface area (Å²) >= 11 is 0. The lowest BCUT2D eigenvalue weighted by molar-refractivity contribution is 0.0792. The number of anilines is 1. The van der Waals surface area contributed by atoms with E-state index in [1.54, 1.807) is 48.0 Å². The van der Waals surface area contributed by atoms with Crippen LogP contribution in [0.15, 0.2) is 41.3 Å². The molecule has 154 valence electrons. The van der Waals surface area contributed by atoms with Crippen molar-refractivity contribution in [3.05, 3.63) is 63.6 Å². The van der Waals surface area contributed by atoms with Gasteiger partial charge in [0.05, 0.1) is 0 Å². The van der Waals surface area contributed by atoms with Crippen LogP contribution in [0.25, 0.3) is 0 Å². The van der Waals surface area contributed by atoms with Crippen molar-refractivity contribution < 1.29 is 9.59 Å². The molecule has 29 heavy (non-hydrogen) atoms. The molecule has 1 aliphatic heterocycles. The summed E-state index contributed by atoms with van der Waals surface area (Å²) in [4.78, 5) is 40.1. The summed E-state index contributed by atoms with van der Waals surface area (Å²) in [6.07, 6.45) is 4.66. The minimum absolute atomic E-state index is 0.0227. The molecule has 1 aromatic heterocycles. The molecule has 0 radical (unpaired) electrons. The average molecular weight is 396 g/mol. The zero-order valence-electron chi connectivity index (χ0n) is 17.4. The minimum atomic E-state index is -0.447. The predicted molar refractivity (Wildman–Crippen MR) is 114 cm³/mol. The van der Waals surface area contributed by atoms with E-state index in [1.807, 2.05) is 4.90 Å². The Morgan fingerprint density at radius 2 is 1.86 bits per heavy atom. The number of benzene rings is 1. The second kappa shape index (κ2) is 9.07. The Hall–Kier alpha value is -2.89. The number of hydrogen-bond donors (Lipinski definition) is 1.